The zero-order valence-electron chi connectivity index (χ0n) is 18.5. The van der Waals surface area contributed by atoms with Crippen molar-refractivity contribution in [3.05, 3.63) is 64.7 Å². The van der Waals surface area contributed by atoms with E-state index in [0.717, 1.165) is 5.56 Å². The normalized spacial score (nSPS) is 25.9. The summed E-state index contributed by atoms with van der Waals surface area (Å²) in [4.78, 5) is 39.4. The lowest BCUT2D eigenvalue weighted by molar-refractivity contribution is -0.141. The predicted octanol–water partition coefficient (Wildman–Crippen LogP) is 1.97. The molecule has 2 aliphatic heterocycles. The number of aliphatic carboxylic acids is 1. The predicted molar refractivity (Wildman–Crippen MR) is 121 cm³/mol. The van der Waals surface area contributed by atoms with E-state index in [9.17, 15) is 14.4 Å². The lowest BCUT2D eigenvalue weighted by Crippen LogP contribution is -2.35. The molecule has 2 amide bonds. The van der Waals surface area contributed by atoms with E-state index in [4.69, 9.17) is 19.3 Å². The fourth-order valence-electron chi connectivity index (χ4n) is 3.92. The van der Waals surface area contributed by atoms with E-state index in [-0.39, 0.29) is 18.7 Å². The van der Waals surface area contributed by atoms with Crippen molar-refractivity contribution in [3.8, 4) is 0 Å². The minimum Gasteiger partial charge on any atom is -0.481 e. The van der Waals surface area contributed by atoms with E-state index in [2.05, 4.69) is 15.6 Å². The van der Waals surface area contributed by atoms with Gasteiger partial charge in [-0.1, -0.05) is 36.4 Å². The van der Waals surface area contributed by atoms with Crippen molar-refractivity contribution in [1.29, 1.82) is 0 Å². The fraction of sp³-hybridized carbons (Fsp3) is 0.391. The fourth-order valence-corrected chi connectivity index (χ4v) is 3.92. The molecule has 2 aliphatic rings. The third-order valence-corrected chi connectivity index (χ3v) is 5.44. The number of fused-ring (bicyclic) bond motifs is 1. The minimum atomic E-state index is -0.956. The van der Waals surface area contributed by atoms with Gasteiger partial charge in [0.05, 0.1) is 6.10 Å². The van der Waals surface area contributed by atoms with Crippen LogP contribution in [0.2, 0.25) is 0 Å². The molecule has 11 heteroatoms. The average molecular weight is 470 g/mol. The van der Waals surface area contributed by atoms with Crippen molar-refractivity contribution in [1.82, 2.24) is 14.9 Å². The summed E-state index contributed by atoms with van der Waals surface area (Å²) in [7, 11) is 0. The maximum atomic E-state index is 12.7. The summed E-state index contributed by atoms with van der Waals surface area (Å²) in [5.74, 6) is -0.862. The highest BCUT2D eigenvalue weighted by molar-refractivity contribution is 5.87. The van der Waals surface area contributed by atoms with Crippen LogP contribution in [0.3, 0.4) is 0 Å². The van der Waals surface area contributed by atoms with E-state index in [1.165, 1.54) is 16.8 Å². The summed E-state index contributed by atoms with van der Waals surface area (Å²) < 4.78 is 19.3. The van der Waals surface area contributed by atoms with E-state index in [1.54, 1.807) is 13.0 Å². The van der Waals surface area contributed by atoms with Crippen molar-refractivity contribution < 1.29 is 28.9 Å². The van der Waals surface area contributed by atoms with Crippen LogP contribution in [0.4, 0.5) is 10.6 Å². The lowest BCUT2D eigenvalue weighted by atomic mass is 10.1. The first-order valence-electron chi connectivity index (χ1n) is 11.0. The number of carbonyl (C=O) groups excluding carboxylic acids is 1. The van der Waals surface area contributed by atoms with Crippen LogP contribution < -0.4 is 16.3 Å². The number of nitrogens with zero attached hydrogens (tertiary/aromatic N) is 2. The summed E-state index contributed by atoms with van der Waals surface area (Å²) in [6.45, 7) is 2.20. The van der Waals surface area contributed by atoms with Gasteiger partial charge in [-0.15, -0.1) is 0 Å². The van der Waals surface area contributed by atoms with Gasteiger partial charge in [-0.05, 0) is 31.1 Å². The van der Waals surface area contributed by atoms with Gasteiger partial charge in [-0.3, -0.25) is 14.7 Å². The van der Waals surface area contributed by atoms with Crippen LogP contribution in [-0.4, -0.2) is 57.8 Å². The number of nitrogens with one attached hydrogen (secondary N) is 2. The Hall–Kier alpha value is -3.54. The Balaban J connectivity index is 1.52. The number of anilines is 1. The van der Waals surface area contributed by atoms with Gasteiger partial charge in [0.25, 0.3) is 0 Å². The molecular formula is C23H26N4O7. The summed E-state index contributed by atoms with van der Waals surface area (Å²) in [6, 6.07) is 10.6. The first-order chi connectivity index (χ1) is 16.4. The summed E-state index contributed by atoms with van der Waals surface area (Å²) in [5.41, 5.74) is 0.321. The Kier molecular flexibility index (Phi) is 7.36. The van der Waals surface area contributed by atoms with E-state index in [1.807, 2.05) is 36.4 Å². The summed E-state index contributed by atoms with van der Waals surface area (Å²) in [6.07, 6.45) is 1.83. The molecule has 180 valence electrons. The zero-order chi connectivity index (χ0) is 24.1. The number of carboxylic acids is 1. The highest BCUT2D eigenvalue weighted by Gasteiger charge is 2.53. The average Bonchev–Trinajstić information content (AvgIpc) is 3.37. The number of carbonyl (C=O) groups is 2. The molecule has 1 unspecified atom stereocenters. The SMILES string of the molecule is CCNC(=O)Nc1ccn([C@@H]2O[C@H](CCC(=O)O)C3O[C@H](/C=C/c4ccccc4)O[C@@H]32)c(=O)n1. The molecule has 2 aromatic rings. The van der Waals surface area contributed by atoms with Gasteiger partial charge in [0, 0.05) is 19.2 Å². The topological polar surface area (TPSA) is 141 Å². The van der Waals surface area contributed by atoms with Crippen LogP contribution in [0.15, 0.2) is 53.5 Å². The first kappa shape index (κ1) is 23.6. The Morgan fingerprint density at radius 3 is 2.62 bits per heavy atom. The molecule has 11 nitrogen and oxygen atoms in total. The highest BCUT2D eigenvalue weighted by Crippen LogP contribution is 2.40. The number of ether oxygens (including phenoxy) is 3. The van der Waals surface area contributed by atoms with Gasteiger partial charge >= 0.3 is 17.7 Å². The number of amides is 2. The molecule has 0 saturated carbocycles. The Morgan fingerprint density at radius 1 is 1.15 bits per heavy atom. The van der Waals surface area contributed by atoms with Crippen LogP contribution in [-0.2, 0) is 19.0 Å². The lowest BCUT2D eigenvalue weighted by Gasteiger charge is -2.20. The number of hydrogen-bond donors (Lipinski definition) is 3. The van der Waals surface area contributed by atoms with Crippen molar-refractivity contribution in [2.45, 2.75) is 50.6 Å². The molecule has 3 heterocycles. The molecular weight excluding hydrogens is 444 g/mol. The largest absolute Gasteiger partial charge is 0.481 e. The van der Waals surface area contributed by atoms with Crippen molar-refractivity contribution in [2.75, 3.05) is 11.9 Å². The molecule has 1 aromatic carbocycles. The molecule has 0 aliphatic carbocycles. The maximum absolute atomic E-state index is 12.7. The van der Waals surface area contributed by atoms with Gasteiger partial charge in [-0.2, -0.15) is 4.98 Å². The van der Waals surface area contributed by atoms with Gasteiger partial charge < -0.3 is 24.6 Å². The van der Waals surface area contributed by atoms with E-state index < -0.39 is 48.5 Å². The second-order valence-electron chi connectivity index (χ2n) is 7.82. The molecule has 4 rings (SSSR count). The maximum Gasteiger partial charge on any atom is 0.351 e. The van der Waals surface area contributed by atoms with Crippen LogP contribution in [0.1, 0.15) is 31.6 Å². The van der Waals surface area contributed by atoms with E-state index >= 15 is 0 Å². The molecule has 2 saturated heterocycles. The minimum absolute atomic E-state index is 0.0939. The standard InChI is InChI=1S/C23H26N4O7/c1-2-24-22(30)25-16-12-13-27(23(31)26-16)21-20-19(15(32-21)9-10-17(28)29)33-18(34-20)11-8-14-6-4-3-5-7-14/h3-8,11-13,15,18-21H,2,9-10H2,1H3,(H,28,29)(H2,24,25,26,30,31)/b11-8+/t15-,18+,19?,20+,21-/m1/s1. The summed E-state index contributed by atoms with van der Waals surface area (Å²) >= 11 is 0. The first-order valence-corrected chi connectivity index (χ1v) is 11.0. The number of aromatic nitrogens is 2. The molecule has 1 aromatic heterocycles. The molecule has 5 atom stereocenters. The second-order valence-corrected chi connectivity index (χ2v) is 7.82. The second kappa shape index (κ2) is 10.6. The number of hydrogen-bond acceptors (Lipinski definition) is 7. The molecule has 3 N–H and O–H groups in total. The van der Waals surface area contributed by atoms with Gasteiger partial charge in [0.15, 0.2) is 12.5 Å². The van der Waals surface area contributed by atoms with Gasteiger partial charge in [0.1, 0.15) is 18.0 Å². The Labute approximate surface area is 195 Å². The van der Waals surface area contributed by atoms with Gasteiger partial charge in [-0.25, -0.2) is 9.59 Å². The number of carboxylic acid groups (broad SMARTS) is 1. The van der Waals surface area contributed by atoms with Crippen LogP contribution in [0, 0.1) is 0 Å². The van der Waals surface area contributed by atoms with Crippen LogP contribution in [0.5, 0.6) is 0 Å². The molecule has 0 spiro atoms. The highest BCUT2D eigenvalue weighted by atomic mass is 16.8. The molecule has 0 radical (unpaired) electrons. The number of benzene rings is 1. The third-order valence-electron chi connectivity index (χ3n) is 5.44. The Bertz CT molecular complexity index is 1100. The summed E-state index contributed by atoms with van der Waals surface area (Å²) in [5, 5.41) is 14.1. The molecule has 0 bridgehead atoms. The monoisotopic (exact) mass is 470 g/mol. The number of rotatable bonds is 8. The molecule has 2 fully saturated rings. The quantitative estimate of drug-likeness (QED) is 0.532. The van der Waals surface area contributed by atoms with Crippen LogP contribution in [0.25, 0.3) is 6.08 Å². The van der Waals surface area contributed by atoms with Crippen molar-refractivity contribution in [2.24, 2.45) is 0 Å². The van der Waals surface area contributed by atoms with Gasteiger partial charge in [0.2, 0.25) is 0 Å². The van der Waals surface area contributed by atoms with Crippen molar-refractivity contribution >= 4 is 23.9 Å². The van der Waals surface area contributed by atoms with E-state index in [0.29, 0.717) is 6.54 Å². The molecule has 34 heavy (non-hydrogen) atoms. The smallest absolute Gasteiger partial charge is 0.351 e. The van der Waals surface area contributed by atoms with Crippen molar-refractivity contribution in [3.63, 3.8) is 0 Å². The van der Waals surface area contributed by atoms with Crippen LogP contribution >= 0.6 is 0 Å². The Morgan fingerprint density at radius 2 is 1.91 bits per heavy atom. The number of urea groups is 1. The third kappa shape index (κ3) is 5.50. The zero-order valence-corrected chi connectivity index (χ0v) is 18.5.